The van der Waals surface area contributed by atoms with Gasteiger partial charge in [0.15, 0.2) is 5.16 Å². The van der Waals surface area contributed by atoms with Gasteiger partial charge in [-0.2, -0.15) is 0 Å². The van der Waals surface area contributed by atoms with Crippen molar-refractivity contribution in [3.05, 3.63) is 42.1 Å². The molecule has 6 nitrogen and oxygen atoms in total. The average Bonchev–Trinajstić information content (AvgIpc) is 2.51. The van der Waals surface area contributed by atoms with Crippen molar-refractivity contribution in [3.63, 3.8) is 0 Å². The van der Waals surface area contributed by atoms with E-state index in [0.29, 0.717) is 5.16 Å². The van der Waals surface area contributed by atoms with Crippen molar-refractivity contribution in [1.29, 1.82) is 0 Å². The SMILES string of the molecule is Cc1cc(-c2ccccc2)nc(SCC(=O)NCC(N)=O)n1. The van der Waals surface area contributed by atoms with Crippen LogP contribution in [0, 0.1) is 6.92 Å². The Morgan fingerprint density at radius 3 is 2.64 bits per heavy atom. The van der Waals surface area contributed by atoms with Gasteiger partial charge in [0.05, 0.1) is 18.0 Å². The minimum atomic E-state index is -0.573. The molecular weight excluding hydrogens is 300 g/mol. The molecule has 22 heavy (non-hydrogen) atoms. The number of rotatable bonds is 6. The third-order valence-electron chi connectivity index (χ3n) is 2.70. The third kappa shape index (κ3) is 4.85. The summed E-state index contributed by atoms with van der Waals surface area (Å²) in [6, 6.07) is 11.7. The number of nitrogens with two attached hydrogens (primary N) is 1. The monoisotopic (exact) mass is 316 g/mol. The fraction of sp³-hybridized carbons (Fsp3) is 0.200. The first-order chi connectivity index (χ1) is 10.5. The van der Waals surface area contributed by atoms with Crippen molar-refractivity contribution in [2.75, 3.05) is 12.3 Å². The molecule has 0 bridgehead atoms. The van der Waals surface area contributed by atoms with E-state index >= 15 is 0 Å². The van der Waals surface area contributed by atoms with Crippen molar-refractivity contribution in [3.8, 4) is 11.3 Å². The molecular formula is C15H16N4O2S. The van der Waals surface area contributed by atoms with Gasteiger partial charge in [-0.1, -0.05) is 42.1 Å². The molecule has 2 rings (SSSR count). The number of carbonyl (C=O) groups excluding carboxylic acids is 2. The molecule has 0 aliphatic heterocycles. The number of hydrogen-bond donors (Lipinski definition) is 2. The maximum absolute atomic E-state index is 11.6. The average molecular weight is 316 g/mol. The van der Waals surface area contributed by atoms with Crippen LogP contribution in [0.25, 0.3) is 11.3 Å². The molecule has 0 atom stereocenters. The molecule has 0 spiro atoms. The Hall–Kier alpha value is -2.41. The molecule has 0 saturated heterocycles. The van der Waals surface area contributed by atoms with E-state index in [1.807, 2.05) is 43.3 Å². The van der Waals surface area contributed by atoms with Gasteiger partial charge in [0.2, 0.25) is 11.8 Å². The van der Waals surface area contributed by atoms with Gasteiger partial charge in [-0.15, -0.1) is 0 Å². The number of nitrogens with zero attached hydrogens (tertiary/aromatic N) is 2. The predicted molar refractivity (Wildman–Crippen MR) is 85.1 cm³/mol. The highest BCUT2D eigenvalue weighted by Crippen LogP contribution is 2.21. The summed E-state index contributed by atoms with van der Waals surface area (Å²) in [5, 5.41) is 2.94. The number of nitrogens with one attached hydrogen (secondary N) is 1. The van der Waals surface area contributed by atoms with E-state index in [-0.39, 0.29) is 18.2 Å². The van der Waals surface area contributed by atoms with Crippen molar-refractivity contribution in [2.45, 2.75) is 12.1 Å². The summed E-state index contributed by atoms with van der Waals surface area (Å²) in [5.41, 5.74) is 7.60. The zero-order valence-electron chi connectivity index (χ0n) is 12.1. The molecule has 1 aromatic heterocycles. The normalized spacial score (nSPS) is 10.2. The fourth-order valence-electron chi connectivity index (χ4n) is 1.73. The minimum absolute atomic E-state index is 0.130. The van der Waals surface area contributed by atoms with Gasteiger partial charge in [0.25, 0.3) is 0 Å². The van der Waals surface area contributed by atoms with Crippen molar-refractivity contribution >= 4 is 23.6 Å². The van der Waals surface area contributed by atoms with Crippen LogP contribution in [-0.2, 0) is 9.59 Å². The quantitative estimate of drug-likeness (QED) is 0.615. The van der Waals surface area contributed by atoms with Gasteiger partial charge < -0.3 is 11.1 Å². The van der Waals surface area contributed by atoms with Crippen LogP contribution in [-0.4, -0.2) is 34.1 Å². The van der Waals surface area contributed by atoms with Crippen LogP contribution in [0.15, 0.2) is 41.6 Å². The minimum Gasteiger partial charge on any atom is -0.368 e. The Morgan fingerprint density at radius 1 is 1.23 bits per heavy atom. The highest BCUT2D eigenvalue weighted by Gasteiger charge is 2.08. The van der Waals surface area contributed by atoms with E-state index in [2.05, 4.69) is 15.3 Å². The van der Waals surface area contributed by atoms with Crippen LogP contribution < -0.4 is 11.1 Å². The van der Waals surface area contributed by atoms with E-state index in [1.54, 1.807) is 0 Å². The topological polar surface area (TPSA) is 98.0 Å². The summed E-state index contributed by atoms with van der Waals surface area (Å²) in [4.78, 5) is 30.9. The summed E-state index contributed by atoms with van der Waals surface area (Å²) >= 11 is 1.22. The first kappa shape index (κ1) is 16.0. The number of carbonyl (C=O) groups is 2. The first-order valence-electron chi connectivity index (χ1n) is 6.63. The van der Waals surface area contributed by atoms with Gasteiger partial charge in [0.1, 0.15) is 0 Å². The van der Waals surface area contributed by atoms with Gasteiger partial charge >= 0.3 is 0 Å². The summed E-state index contributed by atoms with van der Waals surface area (Å²) in [7, 11) is 0. The number of benzene rings is 1. The van der Waals surface area contributed by atoms with E-state index in [1.165, 1.54) is 11.8 Å². The number of amides is 2. The number of thioether (sulfide) groups is 1. The fourth-order valence-corrected chi connectivity index (χ4v) is 2.46. The highest BCUT2D eigenvalue weighted by atomic mass is 32.2. The number of aryl methyl sites for hydroxylation is 1. The summed E-state index contributed by atoms with van der Waals surface area (Å²) < 4.78 is 0. The third-order valence-corrected chi connectivity index (χ3v) is 3.54. The largest absolute Gasteiger partial charge is 0.368 e. The molecule has 0 unspecified atom stereocenters. The Kier molecular flexibility index (Phi) is 5.48. The second-order valence-electron chi connectivity index (χ2n) is 4.57. The molecule has 1 aromatic carbocycles. The van der Waals surface area contributed by atoms with Crippen LogP contribution >= 0.6 is 11.8 Å². The Balaban J connectivity index is 2.04. The van der Waals surface area contributed by atoms with Crippen LogP contribution in [0.1, 0.15) is 5.69 Å². The van der Waals surface area contributed by atoms with Crippen LogP contribution in [0.3, 0.4) is 0 Å². The Labute approximate surface area is 132 Å². The zero-order valence-corrected chi connectivity index (χ0v) is 12.9. The Morgan fingerprint density at radius 2 is 1.95 bits per heavy atom. The molecule has 114 valence electrons. The second-order valence-corrected chi connectivity index (χ2v) is 5.52. The number of hydrogen-bond acceptors (Lipinski definition) is 5. The molecule has 0 aliphatic carbocycles. The smallest absolute Gasteiger partial charge is 0.236 e. The lowest BCUT2D eigenvalue weighted by Gasteiger charge is -2.06. The van der Waals surface area contributed by atoms with E-state index in [4.69, 9.17) is 5.73 Å². The molecule has 0 radical (unpaired) electrons. The van der Waals surface area contributed by atoms with Gasteiger partial charge in [-0.3, -0.25) is 9.59 Å². The molecule has 2 aromatic rings. The van der Waals surface area contributed by atoms with Gasteiger partial charge in [-0.25, -0.2) is 9.97 Å². The highest BCUT2D eigenvalue weighted by molar-refractivity contribution is 7.99. The summed E-state index contributed by atoms with van der Waals surface area (Å²) in [6.07, 6.45) is 0. The van der Waals surface area contributed by atoms with Crippen LogP contribution in [0.5, 0.6) is 0 Å². The van der Waals surface area contributed by atoms with Crippen molar-refractivity contribution in [1.82, 2.24) is 15.3 Å². The molecule has 0 aliphatic rings. The maximum atomic E-state index is 11.6. The molecule has 1 heterocycles. The molecule has 7 heteroatoms. The molecule has 0 fully saturated rings. The summed E-state index contributed by atoms with van der Waals surface area (Å²) in [6.45, 7) is 1.72. The zero-order chi connectivity index (χ0) is 15.9. The first-order valence-corrected chi connectivity index (χ1v) is 7.62. The standard InChI is InChI=1S/C15H16N4O2S/c1-10-7-12(11-5-3-2-4-6-11)19-15(18-10)22-9-14(21)17-8-13(16)20/h2-7H,8-9H2,1H3,(H2,16,20)(H,17,21). The van der Waals surface area contributed by atoms with Crippen molar-refractivity contribution in [2.24, 2.45) is 5.73 Å². The van der Waals surface area contributed by atoms with E-state index in [9.17, 15) is 9.59 Å². The molecule has 2 amide bonds. The van der Waals surface area contributed by atoms with E-state index < -0.39 is 5.91 Å². The number of aromatic nitrogens is 2. The lowest BCUT2D eigenvalue weighted by atomic mass is 10.1. The maximum Gasteiger partial charge on any atom is 0.236 e. The van der Waals surface area contributed by atoms with Crippen LogP contribution in [0.2, 0.25) is 0 Å². The lowest BCUT2D eigenvalue weighted by molar-refractivity contribution is -0.123. The molecule has 3 N–H and O–H groups in total. The lowest BCUT2D eigenvalue weighted by Crippen LogP contribution is -2.34. The predicted octanol–water partition coefficient (Wildman–Crippen LogP) is 1.15. The van der Waals surface area contributed by atoms with Crippen LogP contribution in [0.4, 0.5) is 0 Å². The Bertz CT molecular complexity index is 676. The van der Waals surface area contributed by atoms with Crippen molar-refractivity contribution < 1.29 is 9.59 Å². The second kappa shape index (κ2) is 7.56. The van der Waals surface area contributed by atoms with Gasteiger partial charge in [-0.05, 0) is 13.0 Å². The number of primary amides is 1. The van der Waals surface area contributed by atoms with E-state index in [0.717, 1.165) is 17.0 Å². The summed E-state index contributed by atoms with van der Waals surface area (Å²) in [5.74, 6) is -0.725. The van der Waals surface area contributed by atoms with Gasteiger partial charge in [0, 0.05) is 11.3 Å². The molecule has 0 saturated carbocycles.